The fourth-order valence-corrected chi connectivity index (χ4v) is 6.70. The smallest absolute Gasteiger partial charge is 0.352 e. The van der Waals surface area contributed by atoms with Crippen LogP contribution in [-0.2, 0) is 47.9 Å². The van der Waals surface area contributed by atoms with Gasteiger partial charge in [0.25, 0.3) is 11.8 Å². The van der Waals surface area contributed by atoms with Crippen molar-refractivity contribution in [3.05, 3.63) is 11.8 Å². The van der Waals surface area contributed by atoms with Crippen LogP contribution in [0.4, 0.5) is 0 Å². The molecule has 70 heavy (non-hydrogen) atoms. The standard InChI is InChI=1S/C41H73N17O12/c1-22(52-38(67)32(29(59)20-45)57-34(63)23(46)9-2-4-14-42)33(62)51-21-31(61)53-25(11-6-16-44)39(68)58-18-8-13-28(58)37(66)56-27(19-30(47)60)36(65)54-24(10-3-5-15-43)35(64)55-26(40(69)70)12-7-17-50-41(48)49/h12,22-24,27-29,32,59H,2-11,13-21,42-46H2,1H3,(H2,47,60)(H,51,62)(H,52,67)(H,54,65)(H,55,64)(H,56,66)(H,57,63)(H,69,70)(H4,48,49,50)/b26-12-,53-25?/t22-,23-,24-,27-,28-,29-,32-/m0/s1. The Morgan fingerprint density at radius 2 is 1.41 bits per heavy atom. The van der Waals surface area contributed by atoms with Crippen LogP contribution in [0.2, 0.25) is 0 Å². The predicted molar refractivity (Wildman–Crippen MR) is 254 cm³/mol. The lowest BCUT2D eigenvalue weighted by Gasteiger charge is -2.27. The molecule has 24 N–H and O–H groups in total. The van der Waals surface area contributed by atoms with Gasteiger partial charge in [0, 0.05) is 19.6 Å². The van der Waals surface area contributed by atoms with E-state index in [9.17, 15) is 58.2 Å². The minimum Gasteiger partial charge on any atom is -0.477 e. The number of carboxylic acid groups (broad SMARTS) is 1. The average molecular weight is 996 g/mol. The van der Waals surface area contributed by atoms with Crippen molar-refractivity contribution in [2.75, 3.05) is 45.8 Å². The molecule has 394 valence electrons. The molecule has 29 heteroatoms. The number of aliphatic carboxylic acids is 1. The van der Waals surface area contributed by atoms with E-state index in [1.54, 1.807) is 0 Å². The zero-order chi connectivity index (χ0) is 52.9. The number of nitrogens with two attached hydrogens (primary N) is 8. The molecule has 0 aliphatic carbocycles. The lowest BCUT2D eigenvalue weighted by Crippen LogP contribution is -2.60. The minimum atomic E-state index is -1.67. The van der Waals surface area contributed by atoms with Gasteiger partial charge in [-0.1, -0.05) is 12.5 Å². The summed E-state index contributed by atoms with van der Waals surface area (Å²) >= 11 is 0. The van der Waals surface area contributed by atoms with Gasteiger partial charge in [-0.05, 0) is 90.8 Å². The molecule has 0 saturated carbocycles. The Balaban J connectivity index is 3.19. The van der Waals surface area contributed by atoms with E-state index in [4.69, 9.17) is 45.9 Å². The van der Waals surface area contributed by atoms with Crippen molar-refractivity contribution in [2.45, 2.75) is 126 Å². The Morgan fingerprint density at radius 3 is 2.00 bits per heavy atom. The average Bonchev–Trinajstić information content (AvgIpc) is 3.81. The van der Waals surface area contributed by atoms with Crippen LogP contribution in [0.1, 0.15) is 84.0 Å². The first kappa shape index (κ1) is 61.4. The maximum Gasteiger partial charge on any atom is 0.352 e. The maximum atomic E-state index is 13.9. The van der Waals surface area contributed by atoms with Gasteiger partial charge < -0.3 is 92.9 Å². The topological polar surface area (TPSA) is 519 Å². The Kier molecular flexibility index (Phi) is 28.9. The van der Waals surface area contributed by atoms with Gasteiger partial charge in [0.15, 0.2) is 5.96 Å². The van der Waals surface area contributed by atoms with Crippen molar-refractivity contribution >= 4 is 70.8 Å². The summed E-state index contributed by atoms with van der Waals surface area (Å²) < 4.78 is 0. The van der Waals surface area contributed by atoms with Gasteiger partial charge in [-0.2, -0.15) is 0 Å². The number of primary amides is 1. The largest absolute Gasteiger partial charge is 0.477 e. The second-order valence-electron chi connectivity index (χ2n) is 16.2. The molecule has 0 radical (unpaired) electrons. The molecule has 9 amide bonds. The Morgan fingerprint density at radius 1 is 0.771 bits per heavy atom. The highest BCUT2D eigenvalue weighted by atomic mass is 16.4. The maximum absolute atomic E-state index is 13.9. The Hall–Kier alpha value is -6.66. The monoisotopic (exact) mass is 996 g/mol. The van der Waals surface area contributed by atoms with Crippen LogP contribution in [0, 0.1) is 0 Å². The number of hydrogen-bond acceptors (Lipinski definition) is 17. The van der Waals surface area contributed by atoms with Crippen LogP contribution in [0.5, 0.6) is 0 Å². The second kappa shape index (κ2) is 33.0. The fraction of sp³-hybridized carbons (Fsp3) is 0.659. The van der Waals surface area contributed by atoms with Crippen LogP contribution < -0.4 is 77.8 Å². The van der Waals surface area contributed by atoms with E-state index < -0.39 is 127 Å². The van der Waals surface area contributed by atoms with E-state index >= 15 is 0 Å². The normalized spacial score (nSPS) is 16.3. The molecule has 0 unspecified atom stereocenters. The van der Waals surface area contributed by atoms with E-state index in [0.29, 0.717) is 32.2 Å². The molecule has 1 fully saturated rings. The molecular formula is C41H73N17O12. The molecule has 7 atom stereocenters. The summed E-state index contributed by atoms with van der Waals surface area (Å²) in [5, 5.41) is 34.1. The SMILES string of the molecule is C[C@H](NC(=O)[C@@H](NC(=O)[C@@H](N)CCCCN)[C@@H](O)CN)C(=O)NCC(=O)N=C(CCCN)C(=O)N1CCC[C@H]1C(=O)N[C@@H](CC(N)=O)C(=O)N[C@@H](CCCCN)C(=O)N/C(=C\CCN=C(N)N)C(=O)O. The van der Waals surface area contributed by atoms with E-state index in [0.717, 1.165) is 11.0 Å². The van der Waals surface area contributed by atoms with Gasteiger partial charge in [0.2, 0.25) is 41.4 Å². The quantitative estimate of drug-likeness (QED) is 0.0126. The molecule has 0 bridgehead atoms. The number of nitrogens with zero attached hydrogens (tertiary/aromatic N) is 3. The van der Waals surface area contributed by atoms with E-state index in [2.05, 4.69) is 41.9 Å². The number of unbranched alkanes of at least 4 members (excludes halogenated alkanes) is 2. The third-order valence-electron chi connectivity index (χ3n) is 10.5. The van der Waals surface area contributed by atoms with Crippen LogP contribution in [-0.4, -0.2) is 174 Å². The summed E-state index contributed by atoms with van der Waals surface area (Å²) in [6.45, 7) is 0.776. The van der Waals surface area contributed by atoms with Crippen molar-refractivity contribution < 1.29 is 58.2 Å². The highest BCUT2D eigenvalue weighted by Gasteiger charge is 2.39. The number of amides is 9. The number of hydrogen-bond donors (Lipinski definition) is 16. The summed E-state index contributed by atoms with van der Waals surface area (Å²) in [5.41, 5.74) is 43.3. The summed E-state index contributed by atoms with van der Waals surface area (Å²) in [5.74, 6) is -10.1. The van der Waals surface area contributed by atoms with Crippen LogP contribution in [0.3, 0.4) is 0 Å². The Labute approximate surface area is 404 Å². The number of rotatable bonds is 33. The molecule has 0 aromatic heterocycles. The molecule has 0 aromatic carbocycles. The molecular weight excluding hydrogens is 923 g/mol. The van der Waals surface area contributed by atoms with Gasteiger partial charge in [-0.3, -0.25) is 48.1 Å². The molecule has 1 aliphatic rings. The van der Waals surface area contributed by atoms with Crippen molar-refractivity contribution in [3.8, 4) is 0 Å². The number of aliphatic hydroxyl groups is 1. The molecule has 1 saturated heterocycles. The number of carbonyl (C=O) groups is 10. The first-order chi connectivity index (χ1) is 33.1. The van der Waals surface area contributed by atoms with Gasteiger partial charge in [0.1, 0.15) is 41.6 Å². The zero-order valence-corrected chi connectivity index (χ0v) is 39.5. The third-order valence-corrected chi connectivity index (χ3v) is 10.5. The van der Waals surface area contributed by atoms with Crippen LogP contribution >= 0.6 is 0 Å². The number of aliphatic imine (C=N–C) groups is 2. The fourth-order valence-electron chi connectivity index (χ4n) is 6.70. The van der Waals surface area contributed by atoms with Crippen LogP contribution in [0.25, 0.3) is 0 Å². The summed E-state index contributed by atoms with van der Waals surface area (Å²) in [6, 6.07) is -8.23. The molecule has 1 aliphatic heterocycles. The first-order valence-electron chi connectivity index (χ1n) is 22.8. The van der Waals surface area contributed by atoms with Gasteiger partial charge >= 0.3 is 5.97 Å². The Bertz CT molecular complexity index is 1910. The predicted octanol–water partition coefficient (Wildman–Crippen LogP) is -7.71. The molecule has 29 nitrogen and oxygen atoms in total. The third kappa shape index (κ3) is 22.6. The number of likely N-dealkylation sites (tertiary alicyclic amines) is 1. The van der Waals surface area contributed by atoms with Crippen LogP contribution in [0.15, 0.2) is 21.8 Å². The number of carbonyl (C=O) groups excluding carboxylic acids is 9. The van der Waals surface area contributed by atoms with Crippen molar-refractivity contribution in [1.29, 1.82) is 0 Å². The number of nitrogens with one attached hydrogen (secondary N) is 6. The lowest BCUT2D eigenvalue weighted by atomic mass is 10.1. The zero-order valence-electron chi connectivity index (χ0n) is 39.5. The lowest BCUT2D eigenvalue weighted by molar-refractivity contribution is -0.138. The minimum absolute atomic E-state index is 0.00266. The van der Waals surface area contributed by atoms with Crippen molar-refractivity contribution in [3.63, 3.8) is 0 Å². The first-order valence-corrected chi connectivity index (χ1v) is 22.8. The van der Waals surface area contributed by atoms with E-state index in [1.807, 2.05) is 0 Å². The van der Waals surface area contributed by atoms with Crippen molar-refractivity contribution in [1.82, 2.24) is 36.8 Å². The van der Waals surface area contributed by atoms with E-state index in [-0.39, 0.29) is 82.8 Å². The molecule has 0 spiro atoms. The summed E-state index contributed by atoms with van der Waals surface area (Å²) in [4.78, 5) is 139. The summed E-state index contributed by atoms with van der Waals surface area (Å²) in [6.07, 6.45) is 1.38. The number of aliphatic hydroxyl groups excluding tert-OH is 1. The highest BCUT2D eigenvalue weighted by molar-refractivity contribution is 6.40. The number of guanidine groups is 1. The second-order valence-corrected chi connectivity index (χ2v) is 16.2. The van der Waals surface area contributed by atoms with Gasteiger partial charge in [0.05, 0.1) is 25.1 Å². The summed E-state index contributed by atoms with van der Waals surface area (Å²) in [7, 11) is 0. The van der Waals surface area contributed by atoms with Gasteiger partial charge in [-0.25, -0.2) is 9.79 Å². The highest BCUT2D eigenvalue weighted by Crippen LogP contribution is 2.20. The molecule has 1 rings (SSSR count). The van der Waals surface area contributed by atoms with Crippen molar-refractivity contribution in [2.24, 2.45) is 55.9 Å². The van der Waals surface area contributed by atoms with Gasteiger partial charge in [-0.15, -0.1) is 0 Å². The molecule has 1 heterocycles. The molecule has 0 aromatic rings. The van der Waals surface area contributed by atoms with E-state index in [1.165, 1.54) is 6.92 Å². The number of carboxylic acids is 1.